The standard InChI is InChI=1S/C19H13ClF3N3O2S/c20-10-16(28)24-14-8-12(6-7-13(14)19(21,22)23)15(27)9-17-25-26-18(29-17)11-4-2-1-3-5-11/h1-8H,9-10H2,(H,24,28). The Hall–Kier alpha value is -2.78. The predicted molar refractivity (Wildman–Crippen MR) is 104 cm³/mol. The van der Waals surface area contributed by atoms with E-state index >= 15 is 0 Å². The molecule has 1 amide bonds. The van der Waals surface area contributed by atoms with Crippen molar-refractivity contribution < 1.29 is 22.8 Å². The second-order valence-electron chi connectivity index (χ2n) is 5.91. The molecular weight excluding hydrogens is 427 g/mol. The number of amides is 1. The molecule has 150 valence electrons. The van der Waals surface area contributed by atoms with Gasteiger partial charge in [0.05, 0.1) is 17.7 Å². The smallest absolute Gasteiger partial charge is 0.324 e. The van der Waals surface area contributed by atoms with E-state index in [9.17, 15) is 22.8 Å². The maximum absolute atomic E-state index is 13.2. The van der Waals surface area contributed by atoms with Crippen molar-refractivity contribution in [2.45, 2.75) is 12.6 Å². The summed E-state index contributed by atoms with van der Waals surface area (Å²) in [6.45, 7) is 0. The van der Waals surface area contributed by atoms with Gasteiger partial charge in [0.1, 0.15) is 15.9 Å². The van der Waals surface area contributed by atoms with E-state index in [2.05, 4.69) is 15.5 Å². The maximum Gasteiger partial charge on any atom is 0.418 e. The van der Waals surface area contributed by atoms with Crippen molar-refractivity contribution in [2.24, 2.45) is 0 Å². The highest BCUT2D eigenvalue weighted by Crippen LogP contribution is 2.35. The number of nitrogens with one attached hydrogen (secondary N) is 1. The van der Waals surface area contributed by atoms with Crippen molar-refractivity contribution in [3.63, 3.8) is 0 Å². The third-order valence-corrected chi connectivity index (χ3v) is 5.06. The monoisotopic (exact) mass is 439 g/mol. The lowest BCUT2D eigenvalue weighted by molar-refractivity contribution is -0.137. The topological polar surface area (TPSA) is 72.0 Å². The molecule has 5 nitrogen and oxygen atoms in total. The molecule has 0 atom stereocenters. The summed E-state index contributed by atoms with van der Waals surface area (Å²) >= 11 is 6.58. The Kier molecular flexibility index (Phi) is 6.29. The Morgan fingerprint density at radius 2 is 1.79 bits per heavy atom. The lowest BCUT2D eigenvalue weighted by atomic mass is 10.0. The highest BCUT2D eigenvalue weighted by molar-refractivity contribution is 7.14. The van der Waals surface area contributed by atoms with Crippen LogP contribution in [0.2, 0.25) is 0 Å². The molecule has 0 saturated carbocycles. The average molecular weight is 440 g/mol. The van der Waals surface area contributed by atoms with E-state index in [1.165, 1.54) is 11.3 Å². The first-order chi connectivity index (χ1) is 13.8. The number of Topliss-reactive ketones (excluding diaryl/α,β-unsaturated/α-hetero) is 1. The number of carbonyl (C=O) groups excluding carboxylic acids is 2. The van der Waals surface area contributed by atoms with Gasteiger partial charge in [-0.25, -0.2) is 0 Å². The summed E-state index contributed by atoms with van der Waals surface area (Å²) in [5.41, 5.74) is -0.713. The Balaban J connectivity index is 1.83. The summed E-state index contributed by atoms with van der Waals surface area (Å²) in [6.07, 6.45) is -4.82. The Bertz CT molecular complexity index is 1040. The number of hydrogen-bond donors (Lipinski definition) is 1. The summed E-state index contributed by atoms with van der Waals surface area (Å²) in [6, 6.07) is 12.1. The van der Waals surface area contributed by atoms with Gasteiger partial charge in [-0.3, -0.25) is 9.59 Å². The van der Waals surface area contributed by atoms with Gasteiger partial charge in [0, 0.05) is 11.1 Å². The fraction of sp³-hybridized carbons (Fsp3) is 0.158. The van der Waals surface area contributed by atoms with Gasteiger partial charge < -0.3 is 5.32 Å². The molecule has 0 fully saturated rings. The van der Waals surface area contributed by atoms with Gasteiger partial charge in [0.2, 0.25) is 5.91 Å². The molecule has 0 spiro atoms. The quantitative estimate of drug-likeness (QED) is 0.441. The molecule has 29 heavy (non-hydrogen) atoms. The van der Waals surface area contributed by atoms with Crippen LogP contribution in [0.15, 0.2) is 48.5 Å². The zero-order chi connectivity index (χ0) is 21.0. The van der Waals surface area contributed by atoms with Crippen molar-refractivity contribution in [3.05, 3.63) is 64.7 Å². The number of alkyl halides is 4. The molecule has 0 radical (unpaired) electrons. The number of hydrogen-bond acceptors (Lipinski definition) is 5. The van der Waals surface area contributed by atoms with Crippen LogP contribution in [0.25, 0.3) is 10.6 Å². The SMILES string of the molecule is O=C(CCl)Nc1cc(C(=O)Cc2nnc(-c3ccccc3)s2)ccc1C(F)(F)F. The van der Waals surface area contributed by atoms with Crippen LogP contribution in [0, 0.1) is 0 Å². The molecule has 0 aliphatic rings. The largest absolute Gasteiger partial charge is 0.418 e. The van der Waals surface area contributed by atoms with Crippen molar-refractivity contribution in [1.29, 1.82) is 0 Å². The van der Waals surface area contributed by atoms with E-state index in [1.807, 2.05) is 30.3 Å². The minimum Gasteiger partial charge on any atom is -0.324 e. The number of rotatable bonds is 6. The van der Waals surface area contributed by atoms with Gasteiger partial charge in [-0.05, 0) is 12.1 Å². The molecule has 1 N–H and O–H groups in total. The molecule has 0 bridgehead atoms. The Morgan fingerprint density at radius 3 is 2.45 bits per heavy atom. The van der Waals surface area contributed by atoms with Crippen LogP contribution in [0.4, 0.5) is 18.9 Å². The van der Waals surface area contributed by atoms with E-state index in [4.69, 9.17) is 11.6 Å². The normalized spacial score (nSPS) is 11.3. The van der Waals surface area contributed by atoms with Crippen LogP contribution in [0.5, 0.6) is 0 Å². The highest BCUT2D eigenvalue weighted by atomic mass is 35.5. The zero-order valence-corrected chi connectivity index (χ0v) is 16.2. The van der Waals surface area contributed by atoms with E-state index in [-0.39, 0.29) is 12.0 Å². The van der Waals surface area contributed by atoms with Crippen LogP contribution >= 0.6 is 22.9 Å². The second-order valence-corrected chi connectivity index (χ2v) is 7.24. The number of nitrogens with zero attached hydrogens (tertiary/aromatic N) is 2. The van der Waals surface area contributed by atoms with Gasteiger partial charge in [-0.2, -0.15) is 13.2 Å². The predicted octanol–water partition coefficient (Wildman–Crippen LogP) is 4.83. The molecule has 0 aliphatic carbocycles. The van der Waals surface area contributed by atoms with Crippen molar-refractivity contribution in [2.75, 3.05) is 11.2 Å². The number of aromatic nitrogens is 2. The molecular formula is C19H13ClF3N3O2S. The van der Waals surface area contributed by atoms with Crippen LogP contribution in [-0.2, 0) is 17.4 Å². The molecule has 0 aliphatic heterocycles. The minimum absolute atomic E-state index is 0.0133. The number of ketones is 1. The fourth-order valence-corrected chi connectivity index (χ4v) is 3.42. The number of anilines is 1. The number of carbonyl (C=O) groups is 2. The maximum atomic E-state index is 13.2. The van der Waals surface area contributed by atoms with Crippen LogP contribution in [0.1, 0.15) is 20.9 Å². The lowest BCUT2D eigenvalue weighted by Crippen LogP contribution is -2.18. The summed E-state index contributed by atoms with van der Waals surface area (Å²) in [7, 11) is 0. The van der Waals surface area contributed by atoms with Crippen LogP contribution < -0.4 is 5.32 Å². The molecule has 3 rings (SSSR count). The molecule has 1 heterocycles. The van der Waals surface area contributed by atoms with Crippen LogP contribution in [-0.4, -0.2) is 27.8 Å². The first kappa shape index (κ1) is 20.9. The molecule has 0 unspecified atom stereocenters. The zero-order valence-electron chi connectivity index (χ0n) is 14.7. The molecule has 3 aromatic rings. The van der Waals surface area contributed by atoms with E-state index < -0.39 is 35.0 Å². The number of benzene rings is 2. The van der Waals surface area contributed by atoms with Crippen LogP contribution in [0.3, 0.4) is 0 Å². The summed E-state index contributed by atoms with van der Waals surface area (Å²) in [4.78, 5) is 24.0. The lowest BCUT2D eigenvalue weighted by Gasteiger charge is -2.14. The van der Waals surface area contributed by atoms with Gasteiger partial charge in [-0.15, -0.1) is 21.8 Å². The molecule has 1 aromatic heterocycles. The molecule has 10 heteroatoms. The fourth-order valence-electron chi connectivity index (χ4n) is 2.51. The Labute approximate surface area is 172 Å². The first-order valence-electron chi connectivity index (χ1n) is 8.26. The third-order valence-electron chi connectivity index (χ3n) is 3.84. The van der Waals surface area contributed by atoms with Gasteiger partial charge in [-0.1, -0.05) is 47.7 Å². The van der Waals surface area contributed by atoms with Crippen molar-refractivity contribution in [3.8, 4) is 10.6 Å². The average Bonchev–Trinajstić information content (AvgIpc) is 3.16. The van der Waals surface area contributed by atoms with Gasteiger partial charge in [0.25, 0.3) is 0 Å². The summed E-state index contributed by atoms with van der Waals surface area (Å²) < 4.78 is 39.5. The molecule has 0 saturated heterocycles. The van der Waals surface area contributed by atoms with Crippen molar-refractivity contribution in [1.82, 2.24) is 10.2 Å². The van der Waals surface area contributed by atoms with E-state index in [1.54, 1.807) is 0 Å². The highest BCUT2D eigenvalue weighted by Gasteiger charge is 2.34. The minimum atomic E-state index is -4.69. The number of halogens is 4. The summed E-state index contributed by atoms with van der Waals surface area (Å²) in [5, 5.41) is 11.2. The van der Waals surface area contributed by atoms with E-state index in [0.29, 0.717) is 10.0 Å². The summed E-state index contributed by atoms with van der Waals surface area (Å²) in [5.74, 6) is -1.77. The first-order valence-corrected chi connectivity index (χ1v) is 9.61. The second kappa shape index (κ2) is 8.71. The molecule has 2 aromatic carbocycles. The Morgan fingerprint density at radius 1 is 1.07 bits per heavy atom. The van der Waals surface area contributed by atoms with Gasteiger partial charge >= 0.3 is 6.18 Å². The van der Waals surface area contributed by atoms with E-state index in [0.717, 1.165) is 23.8 Å². The van der Waals surface area contributed by atoms with Gasteiger partial charge in [0.15, 0.2) is 5.78 Å². The third kappa shape index (κ3) is 5.18. The van der Waals surface area contributed by atoms with Crippen molar-refractivity contribution >= 4 is 40.3 Å².